The molecule has 9 heteroatoms. The zero-order valence-corrected chi connectivity index (χ0v) is 20.9. The Morgan fingerprint density at radius 2 is 1.73 bits per heavy atom. The lowest BCUT2D eigenvalue weighted by Gasteiger charge is -2.21. The van der Waals surface area contributed by atoms with Crippen LogP contribution in [0.4, 0.5) is 0 Å². The molecule has 1 unspecified atom stereocenters. The highest BCUT2D eigenvalue weighted by atomic mass is 32.2. The number of aromatic nitrogens is 3. The minimum Gasteiger partial charge on any atom is -0.298 e. The Hall–Kier alpha value is -2.49. The van der Waals surface area contributed by atoms with Gasteiger partial charge in [0.15, 0.2) is 11.0 Å². The molecule has 33 heavy (non-hydrogen) atoms. The molecule has 0 saturated heterocycles. The van der Waals surface area contributed by atoms with E-state index in [0.717, 1.165) is 36.1 Å². The van der Waals surface area contributed by atoms with Crippen molar-refractivity contribution in [1.29, 1.82) is 0 Å². The minimum atomic E-state index is -3.60. The fourth-order valence-electron chi connectivity index (χ4n) is 4.10. The Balaban J connectivity index is 1.88. The highest BCUT2D eigenvalue weighted by Crippen LogP contribution is 2.36. The van der Waals surface area contributed by atoms with Gasteiger partial charge in [-0.2, -0.15) is 0 Å². The average molecular weight is 485 g/mol. The van der Waals surface area contributed by atoms with Gasteiger partial charge in [-0.05, 0) is 49.9 Å². The summed E-state index contributed by atoms with van der Waals surface area (Å²) < 4.78 is 28.6. The van der Waals surface area contributed by atoms with Crippen molar-refractivity contribution >= 4 is 27.6 Å². The van der Waals surface area contributed by atoms with Gasteiger partial charge in [-0.15, -0.1) is 10.2 Å². The van der Waals surface area contributed by atoms with Crippen molar-refractivity contribution in [2.45, 2.75) is 54.8 Å². The Morgan fingerprint density at radius 3 is 2.39 bits per heavy atom. The Bertz CT molecular complexity index is 1280. The number of para-hydroxylation sites is 1. The van der Waals surface area contributed by atoms with Gasteiger partial charge in [-0.3, -0.25) is 9.36 Å². The van der Waals surface area contributed by atoms with Gasteiger partial charge in [-0.1, -0.05) is 48.5 Å². The van der Waals surface area contributed by atoms with E-state index in [-0.39, 0.29) is 15.9 Å². The number of rotatable bonds is 6. The van der Waals surface area contributed by atoms with Gasteiger partial charge in [0, 0.05) is 26.1 Å². The number of aryl methyl sites for hydroxylation is 2. The summed E-state index contributed by atoms with van der Waals surface area (Å²) in [6.45, 7) is 4.05. The Morgan fingerprint density at radius 1 is 1.03 bits per heavy atom. The minimum absolute atomic E-state index is 0.140. The zero-order chi connectivity index (χ0) is 23.8. The van der Waals surface area contributed by atoms with E-state index in [9.17, 15) is 13.2 Å². The van der Waals surface area contributed by atoms with Gasteiger partial charge in [0.05, 0.1) is 15.8 Å². The highest BCUT2D eigenvalue weighted by molar-refractivity contribution is 8.00. The van der Waals surface area contributed by atoms with Crippen LogP contribution in [0.15, 0.2) is 52.5 Å². The molecular formula is C24H28N4O3S2. The molecule has 1 heterocycles. The number of carbonyl (C=O) groups excluding carboxylic acids is 1. The van der Waals surface area contributed by atoms with Crippen LogP contribution in [0.5, 0.6) is 0 Å². The molecule has 0 spiro atoms. The van der Waals surface area contributed by atoms with Crippen LogP contribution in [0.25, 0.3) is 17.1 Å². The first-order chi connectivity index (χ1) is 15.7. The molecule has 0 aliphatic heterocycles. The molecule has 0 N–H and O–H groups in total. The van der Waals surface area contributed by atoms with Crippen LogP contribution < -0.4 is 0 Å². The molecule has 7 nitrogen and oxygen atoms in total. The summed E-state index contributed by atoms with van der Waals surface area (Å²) in [4.78, 5) is 12.7. The first-order valence-corrected chi connectivity index (χ1v) is 13.3. The number of thioether (sulfide) groups is 1. The summed E-state index contributed by atoms with van der Waals surface area (Å²) in [7, 11) is -0.576. The van der Waals surface area contributed by atoms with Crippen molar-refractivity contribution in [2.24, 2.45) is 0 Å². The van der Waals surface area contributed by atoms with Crippen molar-refractivity contribution in [3.63, 3.8) is 0 Å². The highest BCUT2D eigenvalue weighted by Gasteiger charge is 2.28. The molecule has 4 rings (SSSR count). The first kappa shape index (κ1) is 23.7. The van der Waals surface area contributed by atoms with Crippen LogP contribution in [0.3, 0.4) is 0 Å². The molecule has 1 fully saturated rings. The van der Waals surface area contributed by atoms with Crippen molar-refractivity contribution < 1.29 is 13.2 Å². The van der Waals surface area contributed by atoms with Gasteiger partial charge in [0.2, 0.25) is 10.0 Å². The zero-order valence-electron chi connectivity index (χ0n) is 19.3. The molecule has 2 aromatic carbocycles. The lowest BCUT2D eigenvalue weighted by atomic mass is 9.99. The maximum absolute atomic E-state index is 12.7. The van der Waals surface area contributed by atoms with Gasteiger partial charge in [0.1, 0.15) is 5.78 Å². The molecule has 0 amide bonds. The van der Waals surface area contributed by atoms with Crippen molar-refractivity contribution in [3.8, 4) is 17.1 Å². The second-order valence-corrected chi connectivity index (χ2v) is 11.8. The third-order valence-corrected chi connectivity index (χ3v) is 8.98. The number of carbonyl (C=O) groups is 1. The maximum atomic E-state index is 12.7. The van der Waals surface area contributed by atoms with E-state index in [1.54, 1.807) is 18.2 Å². The molecule has 174 valence electrons. The molecule has 0 radical (unpaired) electrons. The van der Waals surface area contributed by atoms with Crippen LogP contribution in [0.1, 0.15) is 36.8 Å². The summed E-state index contributed by atoms with van der Waals surface area (Å²) in [5.41, 5.74) is 3.69. The van der Waals surface area contributed by atoms with E-state index < -0.39 is 10.0 Å². The fourth-order valence-corrected chi connectivity index (χ4v) is 6.21. The van der Waals surface area contributed by atoms with Crippen LogP contribution >= 0.6 is 11.8 Å². The maximum Gasteiger partial charge on any atom is 0.242 e. The Kier molecular flexibility index (Phi) is 6.74. The van der Waals surface area contributed by atoms with E-state index in [1.165, 1.54) is 30.2 Å². The number of hydrogen-bond donors (Lipinski definition) is 0. The fraction of sp³-hybridized carbons (Fsp3) is 0.375. The van der Waals surface area contributed by atoms with Crippen molar-refractivity contribution in [1.82, 2.24) is 19.1 Å². The third-order valence-electron chi connectivity index (χ3n) is 5.91. The van der Waals surface area contributed by atoms with Gasteiger partial charge in [-0.25, -0.2) is 12.7 Å². The van der Waals surface area contributed by atoms with Crippen molar-refractivity contribution in [2.75, 3.05) is 14.1 Å². The lowest BCUT2D eigenvalue weighted by Crippen LogP contribution is -2.22. The quantitative estimate of drug-likeness (QED) is 0.515. The van der Waals surface area contributed by atoms with E-state index >= 15 is 0 Å². The number of sulfonamides is 1. The smallest absolute Gasteiger partial charge is 0.242 e. The lowest BCUT2D eigenvalue weighted by molar-refractivity contribution is -0.119. The SMILES string of the molecule is Cc1cccc(C)c1-n1c(SC2CCCCC2=O)nnc1-c1cccc(S(=O)(=O)N(C)C)c1. The Labute approximate surface area is 199 Å². The summed E-state index contributed by atoms with van der Waals surface area (Å²) in [5.74, 6) is 0.803. The average Bonchev–Trinajstić information content (AvgIpc) is 3.18. The first-order valence-electron chi connectivity index (χ1n) is 10.9. The standard InChI is InChI=1S/C24H28N4O3S2/c1-16-9-7-10-17(2)22(16)28-23(18-11-8-12-19(15-18)33(30,31)27(3)4)25-26-24(28)32-21-14-6-5-13-20(21)29/h7-12,15,21H,5-6,13-14H2,1-4H3. The van der Waals surface area contributed by atoms with E-state index in [4.69, 9.17) is 0 Å². The number of benzene rings is 2. The summed E-state index contributed by atoms with van der Waals surface area (Å²) in [5, 5.41) is 9.45. The summed E-state index contributed by atoms with van der Waals surface area (Å²) in [6, 6.07) is 12.8. The largest absolute Gasteiger partial charge is 0.298 e. The molecule has 3 aromatic rings. The van der Waals surface area contributed by atoms with Crippen LogP contribution in [0.2, 0.25) is 0 Å². The van der Waals surface area contributed by atoms with Gasteiger partial charge < -0.3 is 0 Å². The summed E-state index contributed by atoms with van der Waals surface area (Å²) in [6.07, 6.45) is 3.40. The second-order valence-electron chi connectivity index (χ2n) is 8.52. The second kappa shape index (κ2) is 9.40. The normalized spacial score (nSPS) is 17.0. The molecular weight excluding hydrogens is 456 g/mol. The van der Waals surface area contributed by atoms with E-state index in [1.807, 2.05) is 42.7 Å². The van der Waals surface area contributed by atoms with Crippen LogP contribution in [-0.4, -0.2) is 52.6 Å². The molecule has 1 aliphatic carbocycles. The summed E-state index contributed by atoms with van der Waals surface area (Å²) >= 11 is 1.45. The number of nitrogens with zero attached hydrogens (tertiary/aromatic N) is 4. The van der Waals surface area contributed by atoms with Crippen LogP contribution in [-0.2, 0) is 14.8 Å². The number of Topliss-reactive ketones (excluding diaryl/α,β-unsaturated/α-hetero) is 1. The van der Waals surface area contributed by atoms with Gasteiger partial charge >= 0.3 is 0 Å². The monoisotopic (exact) mass is 484 g/mol. The van der Waals surface area contributed by atoms with Crippen molar-refractivity contribution in [3.05, 3.63) is 53.6 Å². The van der Waals surface area contributed by atoms with E-state index in [0.29, 0.717) is 23.0 Å². The third kappa shape index (κ3) is 4.62. The van der Waals surface area contributed by atoms with Crippen LogP contribution in [0, 0.1) is 13.8 Å². The molecule has 1 aliphatic rings. The molecule has 1 saturated carbocycles. The predicted molar refractivity (Wildman–Crippen MR) is 130 cm³/mol. The number of hydrogen-bond acceptors (Lipinski definition) is 6. The molecule has 1 aromatic heterocycles. The van der Waals surface area contributed by atoms with E-state index in [2.05, 4.69) is 10.2 Å². The predicted octanol–water partition coefficient (Wildman–Crippen LogP) is 4.41. The molecule has 0 bridgehead atoms. The molecule has 1 atom stereocenters. The topological polar surface area (TPSA) is 85.2 Å². The number of ketones is 1. The van der Waals surface area contributed by atoms with Gasteiger partial charge in [0.25, 0.3) is 0 Å².